The lowest BCUT2D eigenvalue weighted by Crippen LogP contribution is -2.25. The Labute approximate surface area is 151 Å². The van der Waals surface area contributed by atoms with E-state index in [0.29, 0.717) is 23.8 Å². The molecule has 2 aromatic heterocycles. The zero-order valence-electron chi connectivity index (χ0n) is 14.8. The molecule has 4 rings (SSSR count). The molecule has 1 aliphatic rings. The van der Waals surface area contributed by atoms with E-state index in [9.17, 15) is 9.90 Å². The number of anilines is 1. The summed E-state index contributed by atoms with van der Waals surface area (Å²) in [4.78, 5) is 12.4. The van der Waals surface area contributed by atoms with E-state index in [2.05, 4.69) is 19.2 Å². The Hall–Kier alpha value is -2.86. The summed E-state index contributed by atoms with van der Waals surface area (Å²) in [6.45, 7) is 4.02. The summed E-state index contributed by atoms with van der Waals surface area (Å²) < 4.78 is 7.56. The molecule has 134 valence electrons. The summed E-state index contributed by atoms with van der Waals surface area (Å²) in [5.74, 6) is 1.78. The summed E-state index contributed by atoms with van der Waals surface area (Å²) in [7, 11) is 0. The first-order valence-electron chi connectivity index (χ1n) is 8.76. The van der Waals surface area contributed by atoms with Crippen molar-refractivity contribution in [1.82, 2.24) is 9.78 Å². The first-order valence-corrected chi connectivity index (χ1v) is 8.76. The number of amides is 1. The van der Waals surface area contributed by atoms with Crippen LogP contribution in [0, 0.1) is 0 Å². The molecule has 6 nitrogen and oxygen atoms in total. The number of carbonyl (C=O) groups is 1. The Morgan fingerprint density at radius 3 is 2.69 bits per heavy atom. The van der Waals surface area contributed by atoms with Crippen LogP contribution in [-0.4, -0.2) is 20.8 Å². The second-order valence-corrected chi connectivity index (χ2v) is 6.82. The molecular weight excluding hydrogens is 330 g/mol. The molecule has 1 amide bonds. The van der Waals surface area contributed by atoms with E-state index in [0.717, 1.165) is 16.9 Å². The van der Waals surface area contributed by atoms with Gasteiger partial charge in [-0.1, -0.05) is 32.0 Å². The number of hydrogen-bond acceptors (Lipinski definition) is 4. The SMILES string of the molecule is CC(C)c1nn(-c2ccccc2)c2c1C(c1ccc(CO)o1)CC(=O)N2. The van der Waals surface area contributed by atoms with Gasteiger partial charge in [-0.3, -0.25) is 4.79 Å². The van der Waals surface area contributed by atoms with Crippen molar-refractivity contribution < 1.29 is 14.3 Å². The lowest BCUT2D eigenvalue weighted by molar-refractivity contribution is -0.116. The predicted octanol–water partition coefficient (Wildman–Crippen LogP) is 3.56. The average Bonchev–Trinajstić information content (AvgIpc) is 3.26. The molecule has 0 fully saturated rings. The normalized spacial score (nSPS) is 16.6. The first kappa shape index (κ1) is 16.6. The summed E-state index contributed by atoms with van der Waals surface area (Å²) in [5, 5.41) is 17.1. The highest BCUT2D eigenvalue weighted by molar-refractivity contribution is 5.95. The van der Waals surface area contributed by atoms with Crippen LogP contribution >= 0.6 is 0 Å². The third-order valence-electron chi connectivity index (χ3n) is 4.68. The number of para-hydroxylation sites is 1. The van der Waals surface area contributed by atoms with Gasteiger partial charge in [0, 0.05) is 12.0 Å². The van der Waals surface area contributed by atoms with Crippen molar-refractivity contribution in [2.75, 3.05) is 5.32 Å². The monoisotopic (exact) mass is 351 g/mol. The molecule has 2 N–H and O–H groups in total. The summed E-state index contributed by atoms with van der Waals surface area (Å²) in [6.07, 6.45) is 0.297. The first-order chi connectivity index (χ1) is 12.6. The molecular formula is C20H21N3O3. The molecule has 3 aromatic rings. The molecule has 0 saturated carbocycles. The van der Waals surface area contributed by atoms with Crippen molar-refractivity contribution in [3.63, 3.8) is 0 Å². The van der Waals surface area contributed by atoms with Crippen LogP contribution in [0.4, 0.5) is 5.82 Å². The number of benzene rings is 1. The molecule has 26 heavy (non-hydrogen) atoms. The number of fused-ring (bicyclic) bond motifs is 1. The summed E-state index contributed by atoms with van der Waals surface area (Å²) >= 11 is 0. The van der Waals surface area contributed by atoms with Gasteiger partial charge in [0.1, 0.15) is 23.9 Å². The summed E-state index contributed by atoms with van der Waals surface area (Å²) in [5.41, 5.74) is 2.82. The van der Waals surface area contributed by atoms with Gasteiger partial charge in [-0.2, -0.15) is 5.10 Å². The minimum absolute atomic E-state index is 0.0724. The maximum atomic E-state index is 12.4. The Balaban J connectivity index is 1.91. The maximum absolute atomic E-state index is 12.4. The van der Waals surface area contributed by atoms with Crippen molar-refractivity contribution >= 4 is 11.7 Å². The third kappa shape index (κ3) is 2.72. The van der Waals surface area contributed by atoms with Crippen LogP contribution in [0.3, 0.4) is 0 Å². The highest BCUT2D eigenvalue weighted by Gasteiger charge is 2.36. The molecule has 3 heterocycles. The summed E-state index contributed by atoms with van der Waals surface area (Å²) in [6, 6.07) is 13.3. The number of hydrogen-bond donors (Lipinski definition) is 2. The van der Waals surface area contributed by atoms with Crippen LogP contribution in [0.25, 0.3) is 5.69 Å². The number of aliphatic hydroxyl groups excluding tert-OH is 1. The van der Waals surface area contributed by atoms with Gasteiger partial charge in [0.25, 0.3) is 0 Å². The van der Waals surface area contributed by atoms with Gasteiger partial charge in [-0.25, -0.2) is 4.68 Å². The molecule has 1 unspecified atom stereocenters. The van der Waals surface area contributed by atoms with E-state index in [1.54, 1.807) is 10.7 Å². The van der Waals surface area contributed by atoms with Gasteiger partial charge >= 0.3 is 0 Å². The Morgan fingerprint density at radius 2 is 2.04 bits per heavy atom. The van der Waals surface area contributed by atoms with Gasteiger partial charge in [-0.15, -0.1) is 0 Å². The Bertz CT molecular complexity index is 941. The van der Waals surface area contributed by atoms with E-state index in [4.69, 9.17) is 9.52 Å². The number of furan rings is 1. The zero-order chi connectivity index (χ0) is 18.3. The van der Waals surface area contributed by atoms with Crippen molar-refractivity contribution in [3.05, 3.63) is 65.2 Å². The second kappa shape index (κ2) is 6.46. The number of nitrogens with zero attached hydrogens (tertiary/aromatic N) is 2. The Morgan fingerprint density at radius 1 is 1.27 bits per heavy atom. The number of rotatable bonds is 4. The number of aliphatic hydroxyl groups is 1. The predicted molar refractivity (Wildman–Crippen MR) is 97.4 cm³/mol. The van der Waals surface area contributed by atoms with Crippen LogP contribution in [0.15, 0.2) is 46.9 Å². The van der Waals surface area contributed by atoms with Crippen LogP contribution in [-0.2, 0) is 11.4 Å². The number of carbonyl (C=O) groups excluding carboxylic acids is 1. The fourth-order valence-corrected chi connectivity index (χ4v) is 3.47. The topological polar surface area (TPSA) is 80.3 Å². The average molecular weight is 351 g/mol. The highest BCUT2D eigenvalue weighted by Crippen LogP contribution is 2.42. The van der Waals surface area contributed by atoms with E-state index >= 15 is 0 Å². The van der Waals surface area contributed by atoms with Crippen molar-refractivity contribution in [2.45, 2.75) is 38.7 Å². The number of nitrogens with one attached hydrogen (secondary N) is 1. The van der Waals surface area contributed by atoms with Gasteiger partial charge < -0.3 is 14.8 Å². The van der Waals surface area contributed by atoms with Crippen molar-refractivity contribution in [3.8, 4) is 5.69 Å². The van der Waals surface area contributed by atoms with E-state index in [-0.39, 0.29) is 24.3 Å². The molecule has 0 radical (unpaired) electrons. The van der Waals surface area contributed by atoms with Crippen LogP contribution < -0.4 is 5.32 Å². The Kier molecular flexibility index (Phi) is 4.12. The van der Waals surface area contributed by atoms with Crippen LogP contribution in [0.1, 0.15) is 54.9 Å². The van der Waals surface area contributed by atoms with Gasteiger partial charge in [0.2, 0.25) is 5.91 Å². The zero-order valence-corrected chi connectivity index (χ0v) is 14.8. The quantitative estimate of drug-likeness (QED) is 0.753. The molecule has 1 aliphatic heterocycles. The van der Waals surface area contributed by atoms with Gasteiger partial charge in [0.05, 0.1) is 17.3 Å². The van der Waals surface area contributed by atoms with Crippen molar-refractivity contribution in [2.24, 2.45) is 0 Å². The lowest BCUT2D eigenvalue weighted by atomic mass is 9.87. The third-order valence-corrected chi connectivity index (χ3v) is 4.68. The molecule has 0 aliphatic carbocycles. The highest BCUT2D eigenvalue weighted by atomic mass is 16.4. The molecule has 0 spiro atoms. The molecule has 1 atom stereocenters. The van der Waals surface area contributed by atoms with E-state index in [1.807, 2.05) is 36.4 Å². The molecule has 6 heteroatoms. The molecule has 0 bridgehead atoms. The fourth-order valence-electron chi connectivity index (χ4n) is 3.47. The standard InChI is InChI=1S/C20H21N3O3/c1-12(2)19-18-15(16-9-8-14(11-24)26-16)10-17(25)21-20(18)23(22-19)13-6-4-3-5-7-13/h3-9,12,15,24H,10-11H2,1-2H3,(H,21,25). The molecule has 0 saturated heterocycles. The smallest absolute Gasteiger partial charge is 0.226 e. The van der Waals surface area contributed by atoms with Crippen LogP contribution in [0.5, 0.6) is 0 Å². The fraction of sp³-hybridized carbons (Fsp3) is 0.300. The van der Waals surface area contributed by atoms with Gasteiger partial charge in [0.15, 0.2) is 0 Å². The maximum Gasteiger partial charge on any atom is 0.226 e. The minimum atomic E-state index is -0.214. The van der Waals surface area contributed by atoms with Gasteiger partial charge in [-0.05, 0) is 30.2 Å². The lowest BCUT2D eigenvalue weighted by Gasteiger charge is -2.23. The van der Waals surface area contributed by atoms with E-state index in [1.165, 1.54) is 0 Å². The van der Waals surface area contributed by atoms with E-state index < -0.39 is 0 Å². The van der Waals surface area contributed by atoms with Crippen LogP contribution in [0.2, 0.25) is 0 Å². The minimum Gasteiger partial charge on any atom is -0.463 e. The second-order valence-electron chi connectivity index (χ2n) is 6.82. The largest absolute Gasteiger partial charge is 0.463 e. The van der Waals surface area contributed by atoms with Crippen molar-refractivity contribution in [1.29, 1.82) is 0 Å². The number of aromatic nitrogens is 2. The molecule has 1 aromatic carbocycles.